The van der Waals surface area contributed by atoms with Crippen LogP contribution in [-0.4, -0.2) is 11.9 Å². The summed E-state index contributed by atoms with van der Waals surface area (Å²) in [4.78, 5) is 12.4. The standard InChI is InChI=1S/C18H24O2/c1-12(2)20-17-7-5-14(6-8-17)18(19)11-16-10-13-3-4-15(16)9-13/h5-8,12-13,15-16H,3-4,9-11H2,1-2H3. The Bertz CT molecular complexity index is 475. The number of fused-ring (bicyclic) bond motifs is 2. The van der Waals surface area contributed by atoms with Gasteiger partial charge in [0.2, 0.25) is 0 Å². The van der Waals surface area contributed by atoms with Crippen molar-refractivity contribution in [3.05, 3.63) is 29.8 Å². The maximum atomic E-state index is 12.4. The van der Waals surface area contributed by atoms with Crippen LogP contribution in [0.3, 0.4) is 0 Å². The predicted octanol–water partition coefficient (Wildman–Crippen LogP) is 4.48. The number of hydrogen-bond acceptors (Lipinski definition) is 2. The first-order valence-electron chi connectivity index (χ1n) is 7.91. The van der Waals surface area contributed by atoms with Crippen LogP contribution in [-0.2, 0) is 0 Å². The van der Waals surface area contributed by atoms with E-state index in [4.69, 9.17) is 4.74 Å². The van der Waals surface area contributed by atoms with E-state index in [0.29, 0.717) is 11.7 Å². The molecule has 0 saturated heterocycles. The van der Waals surface area contributed by atoms with E-state index in [1.807, 2.05) is 38.1 Å². The number of hydrogen-bond donors (Lipinski definition) is 0. The molecule has 2 aliphatic rings. The van der Waals surface area contributed by atoms with Crippen LogP contribution in [0.2, 0.25) is 0 Å². The molecule has 2 fully saturated rings. The van der Waals surface area contributed by atoms with Crippen LogP contribution in [0, 0.1) is 17.8 Å². The summed E-state index contributed by atoms with van der Waals surface area (Å²) < 4.78 is 5.61. The number of ketones is 1. The molecule has 20 heavy (non-hydrogen) atoms. The lowest BCUT2D eigenvalue weighted by atomic mass is 9.84. The van der Waals surface area contributed by atoms with E-state index in [0.717, 1.165) is 29.6 Å². The summed E-state index contributed by atoms with van der Waals surface area (Å²) in [5.41, 5.74) is 0.837. The summed E-state index contributed by atoms with van der Waals surface area (Å²) in [5.74, 6) is 3.54. The van der Waals surface area contributed by atoms with Gasteiger partial charge in [-0.1, -0.05) is 6.42 Å². The minimum absolute atomic E-state index is 0.172. The molecule has 2 heteroatoms. The molecule has 108 valence electrons. The van der Waals surface area contributed by atoms with Gasteiger partial charge in [-0.15, -0.1) is 0 Å². The van der Waals surface area contributed by atoms with Crippen molar-refractivity contribution < 1.29 is 9.53 Å². The first-order valence-corrected chi connectivity index (χ1v) is 7.91. The molecule has 0 N–H and O–H groups in total. The zero-order chi connectivity index (χ0) is 14.1. The van der Waals surface area contributed by atoms with E-state index in [1.165, 1.54) is 25.7 Å². The van der Waals surface area contributed by atoms with Gasteiger partial charge in [0, 0.05) is 12.0 Å². The molecule has 0 radical (unpaired) electrons. The summed E-state index contributed by atoms with van der Waals surface area (Å²) >= 11 is 0. The second-order valence-corrected chi connectivity index (χ2v) is 6.75. The van der Waals surface area contributed by atoms with Crippen molar-refractivity contribution in [3.63, 3.8) is 0 Å². The largest absolute Gasteiger partial charge is 0.491 e. The van der Waals surface area contributed by atoms with Gasteiger partial charge in [-0.25, -0.2) is 0 Å². The van der Waals surface area contributed by atoms with Gasteiger partial charge in [0.25, 0.3) is 0 Å². The van der Waals surface area contributed by atoms with Crippen LogP contribution in [0.1, 0.15) is 56.3 Å². The molecule has 3 rings (SSSR count). The van der Waals surface area contributed by atoms with Crippen LogP contribution < -0.4 is 4.74 Å². The Morgan fingerprint density at radius 1 is 1.20 bits per heavy atom. The Morgan fingerprint density at radius 2 is 1.95 bits per heavy atom. The molecular weight excluding hydrogens is 248 g/mol. The maximum Gasteiger partial charge on any atom is 0.163 e. The summed E-state index contributed by atoms with van der Waals surface area (Å²) in [6.45, 7) is 4.02. The van der Waals surface area contributed by atoms with Crippen molar-refractivity contribution >= 4 is 5.78 Å². The van der Waals surface area contributed by atoms with Gasteiger partial charge in [0.15, 0.2) is 5.78 Å². The van der Waals surface area contributed by atoms with Crippen LogP contribution in [0.25, 0.3) is 0 Å². The average Bonchev–Trinajstić information content (AvgIpc) is 3.01. The molecule has 3 atom stereocenters. The van der Waals surface area contributed by atoms with Crippen LogP contribution in [0.5, 0.6) is 5.75 Å². The number of rotatable bonds is 5. The Hall–Kier alpha value is -1.31. The lowest BCUT2D eigenvalue weighted by Crippen LogP contribution is -2.15. The normalized spacial score (nSPS) is 28.1. The van der Waals surface area contributed by atoms with Crippen LogP contribution >= 0.6 is 0 Å². The number of carbonyl (C=O) groups is 1. The Balaban J connectivity index is 1.59. The van der Waals surface area contributed by atoms with E-state index in [9.17, 15) is 4.79 Å². The molecule has 0 spiro atoms. The molecule has 0 heterocycles. The summed E-state index contributed by atoms with van der Waals surface area (Å²) in [5, 5.41) is 0. The highest BCUT2D eigenvalue weighted by Crippen LogP contribution is 2.49. The molecular formula is C18H24O2. The SMILES string of the molecule is CC(C)Oc1ccc(C(=O)CC2CC3CCC2C3)cc1. The van der Waals surface area contributed by atoms with Crippen molar-refractivity contribution in [2.45, 2.75) is 52.1 Å². The van der Waals surface area contributed by atoms with Gasteiger partial charge in [-0.05, 0) is 75.1 Å². The molecule has 2 saturated carbocycles. The van der Waals surface area contributed by atoms with E-state index in [1.54, 1.807) is 0 Å². The van der Waals surface area contributed by atoms with Crippen molar-refractivity contribution in [2.75, 3.05) is 0 Å². The monoisotopic (exact) mass is 272 g/mol. The third-order valence-corrected chi connectivity index (χ3v) is 4.88. The van der Waals surface area contributed by atoms with Gasteiger partial charge < -0.3 is 4.74 Å². The first-order chi connectivity index (χ1) is 9.61. The summed E-state index contributed by atoms with van der Waals surface area (Å²) in [7, 11) is 0. The molecule has 0 aromatic heterocycles. The van der Waals surface area contributed by atoms with Gasteiger partial charge in [0.05, 0.1) is 6.10 Å². The fourth-order valence-corrected chi connectivity index (χ4v) is 3.97. The predicted molar refractivity (Wildman–Crippen MR) is 80.1 cm³/mol. The maximum absolute atomic E-state index is 12.4. The van der Waals surface area contributed by atoms with Crippen molar-refractivity contribution in [1.82, 2.24) is 0 Å². The van der Waals surface area contributed by atoms with E-state index < -0.39 is 0 Å². The Kier molecular flexibility index (Phi) is 3.82. The highest BCUT2D eigenvalue weighted by Gasteiger charge is 2.40. The molecule has 3 unspecified atom stereocenters. The van der Waals surface area contributed by atoms with E-state index in [-0.39, 0.29) is 6.10 Å². The van der Waals surface area contributed by atoms with Gasteiger partial charge in [-0.2, -0.15) is 0 Å². The molecule has 1 aromatic rings. The molecule has 2 nitrogen and oxygen atoms in total. The highest BCUT2D eigenvalue weighted by molar-refractivity contribution is 5.96. The molecule has 2 bridgehead atoms. The summed E-state index contributed by atoms with van der Waals surface area (Å²) in [6, 6.07) is 7.64. The lowest BCUT2D eigenvalue weighted by Gasteiger charge is -2.20. The number of carbonyl (C=O) groups excluding carboxylic acids is 1. The minimum Gasteiger partial charge on any atom is -0.491 e. The number of Topliss-reactive ketones (excluding diaryl/α,β-unsaturated/α-hetero) is 1. The smallest absolute Gasteiger partial charge is 0.163 e. The van der Waals surface area contributed by atoms with Gasteiger partial charge in [-0.3, -0.25) is 4.79 Å². The average molecular weight is 272 g/mol. The van der Waals surface area contributed by atoms with E-state index >= 15 is 0 Å². The molecule has 0 aliphatic heterocycles. The van der Waals surface area contributed by atoms with E-state index in [2.05, 4.69) is 0 Å². The first kappa shape index (κ1) is 13.7. The second kappa shape index (κ2) is 5.59. The quantitative estimate of drug-likeness (QED) is 0.739. The molecule has 1 aromatic carbocycles. The lowest BCUT2D eigenvalue weighted by molar-refractivity contribution is 0.0944. The van der Waals surface area contributed by atoms with Crippen molar-refractivity contribution in [1.29, 1.82) is 0 Å². The topological polar surface area (TPSA) is 26.3 Å². The second-order valence-electron chi connectivity index (χ2n) is 6.75. The van der Waals surface area contributed by atoms with Crippen molar-refractivity contribution in [2.24, 2.45) is 17.8 Å². The molecule has 2 aliphatic carbocycles. The Morgan fingerprint density at radius 3 is 2.50 bits per heavy atom. The fraction of sp³-hybridized carbons (Fsp3) is 0.611. The highest BCUT2D eigenvalue weighted by atomic mass is 16.5. The summed E-state index contributed by atoms with van der Waals surface area (Å²) in [6.07, 6.45) is 6.32. The third-order valence-electron chi connectivity index (χ3n) is 4.88. The van der Waals surface area contributed by atoms with Crippen LogP contribution in [0.4, 0.5) is 0 Å². The number of benzene rings is 1. The molecule has 0 amide bonds. The van der Waals surface area contributed by atoms with Gasteiger partial charge >= 0.3 is 0 Å². The number of ether oxygens (including phenoxy) is 1. The Labute approximate surface area is 121 Å². The minimum atomic E-state index is 0.172. The zero-order valence-electron chi connectivity index (χ0n) is 12.5. The zero-order valence-corrected chi connectivity index (χ0v) is 12.5. The van der Waals surface area contributed by atoms with Crippen LogP contribution in [0.15, 0.2) is 24.3 Å². The third kappa shape index (κ3) is 2.89. The van der Waals surface area contributed by atoms with Gasteiger partial charge in [0.1, 0.15) is 5.75 Å². The fourth-order valence-electron chi connectivity index (χ4n) is 3.97. The van der Waals surface area contributed by atoms with Crippen molar-refractivity contribution in [3.8, 4) is 5.75 Å².